The Hall–Kier alpha value is -3.95. The molecule has 0 fully saturated rings. The highest BCUT2D eigenvalue weighted by Gasteiger charge is 2.24. The van der Waals surface area contributed by atoms with Gasteiger partial charge in [-0.25, -0.2) is 0 Å². The standard InChI is InChI=1S/C28H20N2O/c29-27(21-12-2-1-10-19(21)24-13-5-6-17-30-24)23-16-15-22-20-11-3-4-14-25(20)31-28(22)26(23)18-8-7-9-18/h1-17,27H,29H2/t27-/m1/s1. The lowest BCUT2D eigenvalue weighted by Gasteiger charge is -2.21. The molecule has 0 amide bonds. The maximum absolute atomic E-state index is 6.94. The van der Waals surface area contributed by atoms with Crippen LogP contribution in [0.25, 0.3) is 38.8 Å². The minimum absolute atomic E-state index is 0.319. The Morgan fingerprint density at radius 1 is 0.774 bits per heavy atom. The average Bonchev–Trinajstić information content (AvgIpc) is 3.17. The molecule has 0 saturated carbocycles. The second kappa shape index (κ2) is 7.08. The third-order valence-corrected chi connectivity index (χ3v) is 5.99. The summed E-state index contributed by atoms with van der Waals surface area (Å²) in [6, 6.07) is 26.3. The third-order valence-electron chi connectivity index (χ3n) is 5.99. The van der Waals surface area contributed by atoms with E-state index in [2.05, 4.69) is 47.5 Å². The minimum atomic E-state index is -0.319. The molecule has 3 nitrogen and oxygen atoms in total. The molecular formula is C28H20N2O. The molecule has 148 valence electrons. The van der Waals surface area contributed by atoms with Crippen molar-refractivity contribution in [2.45, 2.75) is 6.04 Å². The van der Waals surface area contributed by atoms with Crippen molar-refractivity contribution in [1.82, 2.24) is 4.98 Å². The van der Waals surface area contributed by atoms with Crippen molar-refractivity contribution >= 4 is 27.5 Å². The molecule has 0 saturated heterocycles. The van der Waals surface area contributed by atoms with Gasteiger partial charge in [-0.05, 0) is 34.9 Å². The number of furan rings is 1. The summed E-state index contributed by atoms with van der Waals surface area (Å²) in [4.78, 5) is 4.55. The largest absolute Gasteiger partial charge is 0.455 e. The summed E-state index contributed by atoms with van der Waals surface area (Å²) in [5, 5.41) is 2.23. The number of nitrogens with zero attached hydrogens (tertiary/aromatic N) is 1. The van der Waals surface area contributed by atoms with Crippen LogP contribution in [0.1, 0.15) is 22.7 Å². The second-order valence-electron chi connectivity index (χ2n) is 7.77. The number of hydrogen-bond acceptors (Lipinski definition) is 3. The monoisotopic (exact) mass is 400 g/mol. The van der Waals surface area contributed by atoms with Gasteiger partial charge in [0.1, 0.15) is 11.2 Å². The number of benzene rings is 3. The van der Waals surface area contributed by atoms with Gasteiger partial charge in [0, 0.05) is 28.1 Å². The number of fused-ring (bicyclic) bond motifs is 3. The van der Waals surface area contributed by atoms with E-state index in [1.807, 2.05) is 60.8 Å². The van der Waals surface area contributed by atoms with Crippen LogP contribution in [-0.4, -0.2) is 4.98 Å². The number of aromatic nitrogens is 1. The molecule has 1 atom stereocenters. The molecule has 5 aromatic rings. The predicted octanol–water partition coefficient (Wildman–Crippen LogP) is 6.65. The van der Waals surface area contributed by atoms with E-state index < -0.39 is 0 Å². The lowest BCUT2D eigenvalue weighted by molar-refractivity contribution is 0.666. The van der Waals surface area contributed by atoms with Crippen LogP contribution in [-0.2, 0) is 0 Å². The Balaban J connectivity index is 1.58. The highest BCUT2D eigenvalue weighted by atomic mass is 16.3. The molecule has 0 aliphatic heterocycles. The first-order valence-electron chi connectivity index (χ1n) is 10.4. The van der Waals surface area contributed by atoms with Crippen molar-refractivity contribution in [3.05, 3.63) is 120 Å². The van der Waals surface area contributed by atoms with Gasteiger partial charge in [-0.2, -0.15) is 0 Å². The molecule has 1 aliphatic carbocycles. The van der Waals surface area contributed by atoms with Crippen molar-refractivity contribution < 1.29 is 4.42 Å². The van der Waals surface area contributed by atoms with Gasteiger partial charge in [0.25, 0.3) is 0 Å². The fraction of sp³-hybridized carbons (Fsp3) is 0.0357. The summed E-state index contributed by atoms with van der Waals surface area (Å²) in [6.45, 7) is 0. The van der Waals surface area contributed by atoms with E-state index in [0.717, 1.165) is 55.5 Å². The van der Waals surface area contributed by atoms with Crippen LogP contribution in [0.3, 0.4) is 0 Å². The number of hydrogen-bond donors (Lipinski definition) is 1. The van der Waals surface area contributed by atoms with Gasteiger partial charge in [-0.1, -0.05) is 78.9 Å². The van der Waals surface area contributed by atoms with E-state index in [9.17, 15) is 0 Å². The molecule has 2 heterocycles. The molecule has 2 aromatic heterocycles. The van der Waals surface area contributed by atoms with Crippen LogP contribution in [0, 0.1) is 0 Å². The zero-order valence-electron chi connectivity index (χ0n) is 16.8. The Morgan fingerprint density at radius 2 is 1.58 bits per heavy atom. The molecular weight excluding hydrogens is 380 g/mol. The third kappa shape index (κ3) is 2.82. The maximum Gasteiger partial charge on any atom is 0.143 e. The summed E-state index contributed by atoms with van der Waals surface area (Å²) in [5.41, 5.74) is 15.0. The molecule has 1 aliphatic rings. The second-order valence-corrected chi connectivity index (χ2v) is 7.77. The maximum atomic E-state index is 6.94. The van der Waals surface area contributed by atoms with Crippen molar-refractivity contribution in [2.24, 2.45) is 5.73 Å². The zero-order valence-corrected chi connectivity index (χ0v) is 16.8. The smallest absolute Gasteiger partial charge is 0.143 e. The van der Waals surface area contributed by atoms with Crippen LogP contribution in [0.4, 0.5) is 0 Å². The minimum Gasteiger partial charge on any atom is -0.455 e. The Labute approximate surface area is 180 Å². The molecule has 0 spiro atoms. The fourth-order valence-corrected chi connectivity index (χ4v) is 4.41. The molecule has 3 heteroatoms. The summed E-state index contributed by atoms with van der Waals surface area (Å²) >= 11 is 0. The van der Waals surface area contributed by atoms with Gasteiger partial charge in [0.05, 0.1) is 11.7 Å². The first kappa shape index (κ1) is 17.9. The van der Waals surface area contributed by atoms with E-state index in [4.69, 9.17) is 10.2 Å². The summed E-state index contributed by atoms with van der Waals surface area (Å²) in [6.07, 6.45) is 8.09. The van der Waals surface area contributed by atoms with Crippen molar-refractivity contribution in [1.29, 1.82) is 0 Å². The number of rotatable bonds is 4. The van der Waals surface area contributed by atoms with Crippen LogP contribution in [0.5, 0.6) is 0 Å². The first-order chi connectivity index (χ1) is 15.3. The van der Waals surface area contributed by atoms with E-state index in [1.54, 1.807) is 0 Å². The van der Waals surface area contributed by atoms with Crippen LogP contribution >= 0.6 is 0 Å². The van der Waals surface area contributed by atoms with E-state index in [1.165, 1.54) is 0 Å². The van der Waals surface area contributed by atoms with Crippen molar-refractivity contribution in [3.63, 3.8) is 0 Å². The topological polar surface area (TPSA) is 52.0 Å². The van der Waals surface area contributed by atoms with Gasteiger partial charge < -0.3 is 10.2 Å². The quantitative estimate of drug-likeness (QED) is 0.367. The molecule has 2 N–H and O–H groups in total. The van der Waals surface area contributed by atoms with Gasteiger partial charge in [-0.15, -0.1) is 0 Å². The van der Waals surface area contributed by atoms with Gasteiger partial charge in [0.15, 0.2) is 0 Å². The van der Waals surface area contributed by atoms with E-state index >= 15 is 0 Å². The highest BCUT2D eigenvalue weighted by molar-refractivity contribution is 6.10. The molecule has 3 aromatic carbocycles. The SMILES string of the molecule is N[C@H](c1ccccc1-c1ccccn1)c1ccc2c(oc3ccccc32)c1C1=CC=C1. The molecule has 31 heavy (non-hydrogen) atoms. The number of nitrogens with two attached hydrogens (primary N) is 1. The van der Waals surface area contributed by atoms with Gasteiger partial charge in [-0.3, -0.25) is 4.98 Å². The van der Waals surface area contributed by atoms with E-state index in [0.29, 0.717) is 0 Å². The zero-order chi connectivity index (χ0) is 20.8. The molecule has 0 radical (unpaired) electrons. The average molecular weight is 400 g/mol. The number of pyridine rings is 1. The van der Waals surface area contributed by atoms with Gasteiger partial charge >= 0.3 is 0 Å². The Kier molecular flexibility index (Phi) is 4.08. The number of allylic oxidation sites excluding steroid dienone is 4. The first-order valence-corrected chi connectivity index (χ1v) is 10.4. The lowest BCUT2D eigenvalue weighted by atomic mass is 9.85. The lowest BCUT2D eigenvalue weighted by Crippen LogP contribution is -2.15. The van der Waals surface area contributed by atoms with E-state index in [-0.39, 0.29) is 6.04 Å². The molecule has 0 unspecified atom stereocenters. The summed E-state index contributed by atoms with van der Waals surface area (Å²) < 4.78 is 6.34. The molecule has 6 rings (SSSR count). The fourth-order valence-electron chi connectivity index (χ4n) is 4.41. The summed E-state index contributed by atoms with van der Waals surface area (Å²) in [7, 11) is 0. The normalized spacial score (nSPS) is 13.9. The van der Waals surface area contributed by atoms with Gasteiger partial charge in [0.2, 0.25) is 0 Å². The van der Waals surface area contributed by atoms with Crippen LogP contribution in [0.2, 0.25) is 0 Å². The Bertz CT molecular complexity index is 1490. The Morgan fingerprint density at radius 3 is 2.39 bits per heavy atom. The predicted molar refractivity (Wildman–Crippen MR) is 127 cm³/mol. The van der Waals surface area contributed by atoms with Crippen LogP contribution in [0.15, 0.2) is 108 Å². The molecule has 0 bridgehead atoms. The van der Waals surface area contributed by atoms with Crippen LogP contribution < -0.4 is 5.73 Å². The van der Waals surface area contributed by atoms with Crippen molar-refractivity contribution in [2.75, 3.05) is 0 Å². The highest BCUT2D eigenvalue weighted by Crippen LogP contribution is 2.41. The summed E-state index contributed by atoms with van der Waals surface area (Å²) in [5.74, 6) is 0. The van der Waals surface area contributed by atoms with Crippen molar-refractivity contribution in [3.8, 4) is 11.3 Å². The number of para-hydroxylation sites is 1.